The fourth-order valence-electron chi connectivity index (χ4n) is 12.2. The topological polar surface area (TPSA) is 569 Å². The molecule has 6 amide bonds. The van der Waals surface area contributed by atoms with Gasteiger partial charge in [0.1, 0.15) is 36.3 Å². The molecule has 0 bridgehead atoms. The van der Waals surface area contributed by atoms with Crippen molar-refractivity contribution in [3.63, 3.8) is 0 Å². The van der Waals surface area contributed by atoms with E-state index in [1.165, 1.54) is 36.5 Å². The molecule has 2 aliphatic heterocycles. The fourth-order valence-corrected chi connectivity index (χ4v) is 12.2. The maximum atomic E-state index is 13.7. The number of nitrogen functional groups attached to an aromatic ring is 1. The normalized spacial score (nSPS) is 18.4. The molecule has 0 aliphatic carbocycles. The molecule has 37 nitrogen and oxygen atoms in total. The summed E-state index contributed by atoms with van der Waals surface area (Å²) in [7, 11) is 0. The van der Waals surface area contributed by atoms with Gasteiger partial charge >= 0.3 is 35.8 Å². The lowest BCUT2D eigenvalue weighted by atomic mass is 9.86. The van der Waals surface area contributed by atoms with Gasteiger partial charge in [-0.3, -0.25) is 43.2 Å². The number of allylic oxidation sites excluding steroid dienone is 7. The molecule has 5 heterocycles. The number of aliphatic hydroxyl groups excluding tert-OH is 1. The van der Waals surface area contributed by atoms with Gasteiger partial charge in [0.2, 0.25) is 35.5 Å². The van der Waals surface area contributed by atoms with Gasteiger partial charge in [0.05, 0.1) is 67.2 Å². The number of unbranched alkanes of at least 4 members (excludes halogenated alkanes) is 1. The van der Waals surface area contributed by atoms with Crippen molar-refractivity contribution in [2.24, 2.45) is 11.8 Å². The smallest absolute Gasteiger partial charge is 0.331 e. The monoisotopic (exact) mass is 1570 g/mol. The van der Waals surface area contributed by atoms with Crippen LogP contribution in [0, 0.1) is 11.8 Å². The molecule has 5 aromatic rings. The van der Waals surface area contributed by atoms with Crippen LogP contribution in [-0.2, 0) is 70.5 Å². The van der Waals surface area contributed by atoms with Crippen molar-refractivity contribution in [3.05, 3.63) is 155 Å². The van der Waals surface area contributed by atoms with Crippen LogP contribution in [-0.4, -0.2) is 209 Å². The summed E-state index contributed by atoms with van der Waals surface area (Å²) in [4.78, 5) is 168. The number of cyclic esters (lactones) is 1. The van der Waals surface area contributed by atoms with Crippen molar-refractivity contribution in [1.82, 2.24) is 72.1 Å². The summed E-state index contributed by atoms with van der Waals surface area (Å²) in [5, 5.41) is 99.0. The van der Waals surface area contributed by atoms with Gasteiger partial charge in [0.25, 0.3) is 11.8 Å². The number of aliphatic hydroxyl groups is 1. The van der Waals surface area contributed by atoms with Gasteiger partial charge in [0, 0.05) is 67.2 Å². The number of fused-ring (bicyclic) bond motifs is 1. The number of carbonyl (C=O) groups is 12. The molecule has 2 aliphatic rings. The molecule has 17 N–H and O–H groups in total. The van der Waals surface area contributed by atoms with E-state index >= 15 is 0 Å². The largest absolute Gasteiger partial charge is 0.492 e. The van der Waals surface area contributed by atoms with Crippen LogP contribution in [0.15, 0.2) is 133 Å². The SMILES string of the molecule is C/C=C/[C@@H]1O[C@H]([C@H](O)/C=C/C=C(\C)C[C@@H](C)/C=C(C)\C=C\[C@H]2CC=CC(=O)O2)CC(NCc2cn(-c3ccc(C(=O)NCCCC[C@H](NC(=O)[C@H](CC(=O)O)NC(=O)[C@H](CC(=O)O)NC(=O)[C@@H](CCC(=O)O)NC(=O)CC[C@H](NC(=O)c4ccc(NCc5cnc6nc(N)nc(O)c6n5)cc4)C(=O)O)C(=O)O)cc3)nn2)[C@@H]1C. The van der Waals surface area contributed by atoms with Crippen LogP contribution < -0.4 is 48.3 Å². The number of carboxylic acid groups (broad SMARTS) is 5. The third-order valence-corrected chi connectivity index (χ3v) is 18.0. The number of carbonyl (C=O) groups excluding carboxylic acids is 7. The Balaban J connectivity index is 0.842. The molecule has 0 radical (unpaired) electrons. The third kappa shape index (κ3) is 28.6. The zero-order valence-corrected chi connectivity index (χ0v) is 62.6. The molecular weight excluding hydrogens is 1470 g/mol. The average Bonchev–Trinajstić information content (AvgIpc) is 1.35. The van der Waals surface area contributed by atoms with Crippen molar-refractivity contribution in [3.8, 4) is 11.6 Å². The molecule has 3 aromatic heterocycles. The van der Waals surface area contributed by atoms with Gasteiger partial charge in [0.15, 0.2) is 11.2 Å². The van der Waals surface area contributed by atoms with Crippen LogP contribution in [0.4, 0.5) is 11.6 Å². The van der Waals surface area contributed by atoms with E-state index in [0.717, 1.165) is 17.6 Å². The van der Waals surface area contributed by atoms with Crippen molar-refractivity contribution in [1.29, 1.82) is 0 Å². The number of anilines is 2. The summed E-state index contributed by atoms with van der Waals surface area (Å²) in [6.45, 7) is 10.6. The van der Waals surface area contributed by atoms with Crippen LogP contribution in [0.25, 0.3) is 16.9 Å². The molecular formula is C76H94N16O21. The Morgan fingerprint density at radius 3 is 2.00 bits per heavy atom. The minimum Gasteiger partial charge on any atom is -0.492 e. The van der Waals surface area contributed by atoms with Gasteiger partial charge in [-0.15, -0.1) is 5.10 Å². The van der Waals surface area contributed by atoms with Crippen molar-refractivity contribution >= 4 is 94.1 Å². The summed E-state index contributed by atoms with van der Waals surface area (Å²) in [6.07, 6.45) is 16.7. The zero-order chi connectivity index (χ0) is 82.4. The Labute approximate surface area is 648 Å². The first-order chi connectivity index (χ1) is 53.8. The van der Waals surface area contributed by atoms with E-state index in [2.05, 4.69) is 82.1 Å². The number of nitrogens with one attached hydrogen (secondary N) is 8. The van der Waals surface area contributed by atoms with Gasteiger partial charge in [-0.25, -0.2) is 29.0 Å². The molecule has 1 fully saturated rings. The summed E-state index contributed by atoms with van der Waals surface area (Å²) in [5.74, 6) is -15.3. The number of carboxylic acids is 5. The van der Waals surface area contributed by atoms with Gasteiger partial charge in [-0.2, -0.15) is 9.97 Å². The molecule has 0 saturated carbocycles. The predicted octanol–water partition coefficient (Wildman–Crippen LogP) is 3.39. The van der Waals surface area contributed by atoms with Gasteiger partial charge < -0.3 is 93.5 Å². The molecule has 1 saturated heterocycles. The summed E-state index contributed by atoms with van der Waals surface area (Å²) >= 11 is 0. The maximum Gasteiger partial charge on any atom is 0.331 e. The van der Waals surface area contributed by atoms with E-state index in [4.69, 9.17) is 15.2 Å². The Hall–Kier alpha value is -12.6. The first kappa shape index (κ1) is 87.6. The molecule has 2 aromatic carbocycles. The number of hydrogen-bond donors (Lipinski definition) is 16. The number of aliphatic carboxylic acids is 5. The van der Waals surface area contributed by atoms with E-state index in [1.54, 1.807) is 47.3 Å². The van der Waals surface area contributed by atoms with Crippen molar-refractivity contribution in [2.45, 2.75) is 185 Å². The Kier molecular flexibility index (Phi) is 33.4. The second-order valence-electron chi connectivity index (χ2n) is 27.2. The molecule has 37 heteroatoms. The molecule has 604 valence electrons. The lowest BCUT2D eigenvalue weighted by molar-refractivity contribution is -0.145. The first-order valence-corrected chi connectivity index (χ1v) is 36.3. The first-order valence-electron chi connectivity index (χ1n) is 36.3. The summed E-state index contributed by atoms with van der Waals surface area (Å²) in [5.41, 5.74) is 10.2. The maximum absolute atomic E-state index is 13.7. The number of aromatic nitrogens is 7. The van der Waals surface area contributed by atoms with Crippen molar-refractivity contribution in [2.75, 3.05) is 17.6 Å². The van der Waals surface area contributed by atoms with Crippen LogP contribution >= 0.6 is 0 Å². The number of hydrogen-bond acceptors (Lipinski definition) is 25. The second-order valence-corrected chi connectivity index (χ2v) is 27.2. The summed E-state index contributed by atoms with van der Waals surface area (Å²) in [6, 6.07) is 2.64. The highest BCUT2D eigenvalue weighted by molar-refractivity contribution is 5.99. The number of nitrogens with two attached hydrogens (primary N) is 1. The Morgan fingerprint density at radius 1 is 0.717 bits per heavy atom. The highest BCUT2D eigenvalue weighted by Crippen LogP contribution is 2.30. The number of rotatable bonds is 43. The van der Waals surface area contributed by atoms with Crippen LogP contribution in [0.2, 0.25) is 0 Å². The zero-order valence-electron chi connectivity index (χ0n) is 62.6. The minimum atomic E-state index is -2.14. The molecule has 7 rings (SSSR count). The van der Waals surface area contributed by atoms with Gasteiger partial charge in [-0.1, -0.05) is 78.8 Å². The van der Waals surface area contributed by atoms with Gasteiger partial charge in [-0.05, 0) is 126 Å². The minimum absolute atomic E-state index is 0.00190. The molecule has 113 heavy (non-hydrogen) atoms. The predicted molar refractivity (Wildman–Crippen MR) is 404 cm³/mol. The number of nitrogens with zero attached hydrogens (tertiary/aromatic N) is 7. The quantitative estimate of drug-likeness (QED) is 0.0115. The van der Waals surface area contributed by atoms with Crippen LogP contribution in [0.1, 0.15) is 144 Å². The Morgan fingerprint density at radius 2 is 1.35 bits per heavy atom. The average molecular weight is 1570 g/mol. The van der Waals surface area contributed by atoms with Crippen LogP contribution in [0.5, 0.6) is 5.88 Å². The number of amides is 6. The van der Waals surface area contributed by atoms with E-state index in [9.17, 15) is 93.3 Å². The molecule has 1 unspecified atom stereocenters. The number of ether oxygens (including phenoxy) is 2. The highest BCUT2D eigenvalue weighted by atomic mass is 16.5. The van der Waals surface area contributed by atoms with E-state index in [0.29, 0.717) is 42.1 Å². The van der Waals surface area contributed by atoms with Crippen molar-refractivity contribution < 1.29 is 103 Å². The number of esters is 1. The van der Waals surface area contributed by atoms with Crippen LogP contribution in [0.3, 0.4) is 0 Å². The standard InChI is InChI=1S/C76H94N16O21/c1-6-11-59-44(5)55(34-60(113-59)58(93)15-9-12-41(2)32-43(4)33-42(3)17-26-51-13-10-16-65(101)112-51)80-39-49-40-92(91-90-49)50-24-20-45(21-25-50)68(102)78-31-8-7-14-53(74(108)109)85-71(105)56(35-63(97)98)87-72(106)57(36-64(99)100)86-70(104)52(28-30-62(95)96)83-61(94)29-27-54(75(110)111)84-69(103)46-18-22-47(23-19-46)79-37-48-38-81-67-66(82-48)73(107)89-76(77)88-67/h6,9-12,15-26,33,38,40,43-44,51-60,79-80,93H,7-8,13-14,27-32,34-37,39H2,1-5H3,(H,78,102)(H,83,94)(H,84,103)(H,85,105)(H,86,104)(H,87,106)(H,95,96)(H,97,98)(H,99,100)(H,108,109)(H,110,111)(H3,77,81,88,89,107)/b11-6+,15-9+,26-17+,41-12+,42-33-/t43-,44+,51-,52-,53+,54+,55?,56+,57+,58-,59+,60+/m1/s1. The second kappa shape index (κ2) is 43.1. The van der Waals surface area contributed by atoms with E-state index < -0.39 is 152 Å². The fraction of sp³-hybridized carbons (Fsp3) is 0.421. The molecule has 12 atom stereocenters. The van der Waals surface area contributed by atoms with E-state index in [1.807, 2.05) is 67.9 Å². The highest BCUT2D eigenvalue weighted by Gasteiger charge is 2.38. The summed E-state index contributed by atoms with van der Waals surface area (Å²) < 4.78 is 13.3. The lowest BCUT2D eigenvalue weighted by Gasteiger charge is -2.41. The molecule has 0 spiro atoms. The lowest BCUT2D eigenvalue weighted by Crippen LogP contribution is -2.58. The number of benzene rings is 2. The Bertz CT molecular complexity index is 4430. The third-order valence-electron chi connectivity index (χ3n) is 18.0. The van der Waals surface area contributed by atoms with E-state index in [-0.39, 0.29) is 96.6 Å². The number of aromatic hydroxyl groups is 1.